The van der Waals surface area contributed by atoms with E-state index in [9.17, 15) is 18.0 Å². The van der Waals surface area contributed by atoms with Gasteiger partial charge in [-0.05, 0) is 79.9 Å². The van der Waals surface area contributed by atoms with Crippen molar-refractivity contribution in [2.75, 3.05) is 24.0 Å². The van der Waals surface area contributed by atoms with Crippen LogP contribution in [0.1, 0.15) is 43.4 Å². The number of amides is 2. The van der Waals surface area contributed by atoms with E-state index in [0.29, 0.717) is 24.6 Å². The molecule has 0 radical (unpaired) electrons. The van der Waals surface area contributed by atoms with E-state index in [1.54, 1.807) is 36.4 Å². The van der Waals surface area contributed by atoms with Gasteiger partial charge in [0, 0.05) is 24.0 Å². The quantitative estimate of drug-likeness (QED) is 0.127. The molecule has 4 aromatic rings. The van der Waals surface area contributed by atoms with E-state index in [2.05, 4.69) is 21.2 Å². The zero-order valence-corrected chi connectivity index (χ0v) is 29.5. The maximum atomic E-state index is 14.6. The van der Waals surface area contributed by atoms with Gasteiger partial charge in [0.15, 0.2) is 0 Å². The van der Waals surface area contributed by atoms with Gasteiger partial charge in [-0.25, -0.2) is 8.42 Å². The monoisotopic (exact) mass is 719 g/mol. The molecule has 0 aromatic heterocycles. The highest BCUT2D eigenvalue weighted by Crippen LogP contribution is 2.27. The molecular weight excluding hydrogens is 678 g/mol. The van der Waals surface area contributed by atoms with Crippen LogP contribution in [0.25, 0.3) is 0 Å². The van der Waals surface area contributed by atoms with Crippen LogP contribution < -0.4 is 14.4 Å². The molecule has 0 spiro atoms. The molecule has 4 rings (SSSR count). The molecule has 0 heterocycles. The first kappa shape index (κ1) is 35.7. The molecule has 248 valence electrons. The summed E-state index contributed by atoms with van der Waals surface area (Å²) < 4.78 is 36.0. The van der Waals surface area contributed by atoms with Gasteiger partial charge in [-0.15, -0.1) is 0 Å². The summed E-state index contributed by atoms with van der Waals surface area (Å²) in [6.45, 7) is 6.30. The second kappa shape index (κ2) is 17.1. The SMILES string of the molecule is CCCCNC(=O)C(Cc1ccccc1)N(Cc1ccc(Br)cc1)C(=O)CN(c1ccc(OCC)cc1)S(=O)(=O)c1ccc(C)cc1. The number of ether oxygens (including phenoxy) is 1. The average Bonchev–Trinajstić information content (AvgIpc) is 3.07. The Bertz CT molecular complexity index is 1700. The molecule has 8 nitrogen and oxygen atoms in total. The molecule has 0 saturated carbocycles. The lowest BCUT2D eigenvalue weighted by Crippen LogP contribution is -2.53. The van der Waals surface area contributed by atoms with Crippen LogP contribution in [0.4, 0.5) is 5.69 Å². The first-order chi connectivity index (χ1) is 22.6. The van der Waals surface area contributed by atoms with Crippen molar-refractivity contribution in [3.05, 3.63) is 124 Å². The summed E-state index contributed by atoms with van der Waals surface area (Å²) in [5.41, 5.74) is 2.89. The summed E-state index contributed by atoms with van der Waals surface area (Å²) >= 11 is 3.47. The molecule has 10 heteroatoms. The first-order valence-corrected chi connectivity index (χ1v) is 18.0. The average molecular weight is 721 g/mol. The van der Waals surface area contributed by atoms with E-state index in [1.807, 2.05) is 75.4 Å². The van der Waals surface area contributed by atoms with Gasteiger partial charge in [-0.1, -0.05) is 89.4 Å². The fourth-order valence-electron chi connectivity index (χ4n) is 5.09. The van der Waals surface area contributed by atoms with Gasteiger partial charge in [-0.3, -0.25) is 13.9 Å². The van der Waals surface area contributed by atoms with Gasteiger partial charge in [0.2, 0.25) is 11.8 Å². The third kappa shape index (κ3) is 9.92. The zero-order valence-electron chi connectivity index (χ0n) is 27.1. The molecule has 0 aliphatic carbocycles. The Hall–Kier alpha value is -4.15. The van der Waals surface area contributed by atoms with E-state index in [0.717, 1.165) is 38.3 Å². The molecule has 1 unspecified atom stereocenters. The number of rotatable bonds is 16. The molecule has 2 amide bonds. The van der Waals surface area contributed by atoms with Crippen LogP contribution in [0.15, 0.2) is 112 Å². The van der Waals surface area contributed by atoms with Crippen LogP contribution in [0.3, 0.4) is 0 Å². The molecule has 1 N–H and O–H groups in total. The van der Waals surface area contributed by atoms with Gasteiger partial charge in [0.05, 0.1) is 17.2 Å². The molecule has 1 atom stereocenters. The van der Waals surface area contributed by atoms with E-state index in [4.69, 9.17) is 4.74 Å². The van der Waals surface area contributed by atoms with Gasteiger partial charge < -0.3 is 15.0 Å². The number of aryl methyl sites for hydroxylation is 1. The van der Waals surface area contributed by atoms with E-state index in [-0.39, 0.29) is 23.8 Å². The number of anilines is 1. The normalized spacial score (nSPS) is 11.8. The Morgan fingerprint density at radius 3 is 2.13 bits per heavy atom. The van der Waals surface area contributed by atoms with Crippen molar-refractivity contribution in [1.82, 2.24) is 10.2 Å². The molecule has 0 aliphatic rings. The highest BCUT2D eigenvalue weighted by atomic mass is 79.9. The number of benzene rings is 4. The molecule has 0 aliphatic heterocycles. The molecular formula is C37H42BrN3O5S. The molecule has 0 bridgehead atoms. The third-order valence-corrected chi connectivity index (χ3v) is 10.0. The van der Waals surface area contributed by atoms with Gasteiger partial charge in [0.25, 0.3) is 10.0 Å². The van der Waals surface area contributed by atoms with Crippen LogP contribution in [0, 0.1) is 6.92 Å². The minimum atomic E-state index is -4.19. The second-order valence-corrected chi connectivity index (χ2v) is 14.0. The lowest BCUT2D eigenvalue weighted by atomic mass is 10.0. The Balaban J connectivity index is 1.78. The predicted octanol–water partition coefficient (Wildman–Crippen LogP) is 6.91. The maximum Gasteiger partial charge on any atom is 0.264 e. The summed E-state index contributed by atoms with van der Waals surface area (Å²) in [6.07, 6.45) is 1.96. The molecule has 4 aromatic carbocycles. The Labute approximate surface area is 286 Å². The summed E-state index contributed by atoms with van der Waals surface area (Å²) in [5, 5.41) is 3.01. The Morgan fingerprint density at radius 2 is 1.51 bits per heavy atom. The number of unbranched alkanes of at least 4 members (excludes halogenated alkanes) is 1. The third-order valence-electron chi connectivity index (χ3n) is 7.69. The van der Waals surface area contributed by atoms with Crippen molar-refractivity contribution in [3.8, 4) is 5.75 Å². The number of hydrogen-bond donors (Lipinski definition) is 1. The van der Waals surface area contributed by atoms with Crippen molar-refractivity contribution in [3.63, 3.8) is 0 Å². The molecule has 0 saturated heterocycles. The zero-order chi connectivity index (χ0) is 33.8. The van der Waals surface area contributed by atoms with E-state index >= 15 is 0 Å². The summed E-state index contributed by atoms with van der Waals surface area (Å²) in [6, 6.07) is 29.3. The van der Waals surface area contributed by atoms with Crippen LogP contribution in [-0.4, -0.2) is 50.9 Å². The Morgan fingerprint density at radius 1 is 0.851 bits per heavy atom. The lowest BCUT2D eigenvalue weighted by Gasteiger charge is -2.34. The lowest BCUT2D eigenvalue weighted by molar-refractivity contribution is -0.140. The minimum Gasteiger partial charge on any atom is -0.494 e. The smallest absolute Gasteiger partial charge is 0.264 e. The number of hydrogen-bond acceptors (Lipinski definition) is 5. The largest absolute Gasteiger partial charge is 0.494 e. The number of carbonyl (C=O) groups is 2. The standard InChI is InChI=1S/C37H42BrN3O5S/c1-4-6-24-39-37(43)35(25-29-10-8-7-9-11-29)40(26-30-14-16-31(38)17-15-30)36(42)27-41(32-18-20-33(21-19-32)46-5-2)47(44,45)34-22-12-28(3)13-23-34/h7-23,35H,4-6,24-27H2,1-3H3,(H,39,43). The van der Waals surface area contributed by atoms with Gasteiger partial charge >= 0.3 is 0 Å². The van der Waals surface area contributed by atoms with Crippen LogP contribution in [0.5, 0.6) is 5.75 Å². The van der Waals surface area contributed by atoms with Crippen LogP contribution in [-0.2, 0) is 32.6 Å². The predicted molar refractivity (Wildman–Crippen MR) is 190 cm³/mol. The fraction of sp³-hybridized carbons (Fsp3) is 0.297. The summed E-state index contributed by atoms with van der Waals surface area (Å²) in [4.78, 5) is 30.0. The highest BCUT2D eigenvalue weighted by molar-refractivity contribution is 9.10. The number of halogens is 1. The van der Waals surface area contributed by atoms with E-state index < -0.39 is 28.5 Å². The fourth-order valence-corrected chi connectivity index (χ4v) is 6.77. The Kier molecular flexibility index (Phi) is 13.0. The highest BCUT2D eigenvalue weighted by Gasteiger charge is 2.34. The van der Waals surface area contributed by atoms with Crippen LogP contribution >= 0.6 is 15.9 Å². The van der Waals surface area contributed by atoms with Crippen molar-refractivity contribution in [1.29, 1.82) is 0 Å². The number of nitrogens with zero attached hydrogens (tertiary/aromatic N) is 2. The summed E-state index contributed by atoms with van der Waals surface area (Å²) in [5.74, 6) is -0.218. The van der Waals surface area contributed by atoms with Crippen molar-refractivity contribution >= 4 is 43.5 Å². The molecule has 0 fully saturated rings. The number of carbonyl (C=O) groups excluding carboxylic acids is 2. The van der Waals surface area contributed by atoms with Crippen molar-refractivity contribution < 1.29 is 22.7 Å². The number of nitrogens with one attached hydrogen (secondary N) is 1. The van der Waals surface area contributed by atoms with Crippen LogP contribution in [0.2, 0.25) is 0 Å². The topological polar surface area (TPSA) is 96.0 Å². The van der Waals surface area contributed by atoms with Crippen molar-refractivity contribution in [2.24, 2.45) is 0 Å². The van der Waals surface area contributed by atoms with E-state index in [1.165, 1.54) is 17.0 Å². The van der Waals surface area contributed by atoms with Crippen molar-refractivity contribution in [2.45, 2.75) is 57.5 Å². The maximum absolute atomic E-state index is 14.6. The van der Waals surface area contributed by atoms with Gasteiger partial charge in [0.1, 0.15) is 18.3 Å². The van der Waals surface area contributed by atoms with Gasteiger partial charge in [-0.2, -0.15) is 0 Å². The number of sulfonamides is 1. The summed E-state index contributed by atoms with van der Waals surface area (Å²) in [7, 11) is -4.19. The second-order valence-electron chi connectivity index (χ2n) is 11.2. The first-order valence-electron chi connectivity index (χ1n) is 15.8. The minimum absolute atomic E-state index is 0.0578. The molecule has 47 heavy (non-hydrogen) atoms.